The normalized spacial score (nSPS) is 15.2. The monoisotopic (exact) mass is 398 g/mol. The van der Waals surface area contributed by atoms with Gasteiger partial charge in [0.25, 0.3) is 5.91 Å². The Hall–Kier alpha value is -2.73. The molecular formula is C20H22N4O3S. The van der Waals surface area contributed by atoms with E-state index in [4.69, 9.17) is 6.42 Å². The van der Waals surface area contributed by atoms with Crippen LogP contribution < -0.4 is 4.72 Å². The molecule has 0 unspecified atom stereocenters. The summed E-state index contributed by atoms with van der Waals surface area (Å²) >= 11 is 0. The van der Waals surface area contributed by atoms with Crippen LogP contribution in [0, 0.1) is 12.3 Å². The third-order valence-corrected chi connectivity index (χ3v) is 5.93. The lowest BCUT2D eigenvalue weighted by Gasteiger charge is -2.34. The fourth-order valence-corrected chi connectivity index (χ4v) is 4.01. The number of piperazine rings is 1. The Morgan fingerprint density at radius 1 is 1.14 bits per heavy atom. The van der Waals surface area contributed by atoms with Gasteiger partial charge in [-0.3, -0.25) is 14.7 Å². The molecule has 8 heteroatoms. The van der Waals surface area contributed by atoms with Gasteiger partial charge in [-0.1, -0.05) is 18.1 Å². The largest absolute Gasteiger partial charge is 0.336 e. The van der Waals surface area contributed by atoms with Crippen molar-refractivity contribution in [2.24, 2.45) is 0 Å². The number of benzene rings is 1. The number of carbonyl (C=O) groups is 1. The maximum atomic E-state index is 12.8. The van der Waals surface area contributed by atoms with Crippen LogP contribution in [0.2, 0.25) is 0 Å². The molecule has 28 heavy (non-hydrogen) atoms. The molecular weight excluding hydrogens is 376 g/mol. The van der Waals surface area contributed by atoms with Crippen molar-refractivity contribution in [3.8, 4) is 12.3 Å². The van der Waals surface area contributed by atoms with Crippen LogP contribution in [0.15, 0.2) is 53.6 Å². The lowest BCUT2D eigenvalue weighted by atomic mass is 10.2. The van der Waals surface area contributed by atoms with Crippen LogP contribution >= 0.6 is 0 Å². The Morgan fingerprint density at radius 2 is 1.93 bits per heavy atom. The third-order valence-electron chi connectivity index (χ3n) is 4.53. The number of pyridine rings is 1. The molecule has 146 valence electrons. The number of hydrogen-bond donors (Lipinski definition) is 1. The van der Waals surface area contributed by atoms with Crippen LogP contribution in [-0.2, 0) is 16.6 Å². The van der Waals surface area contributed by atoms with Crippen LogP contribution in [0.4, 0.5) is 0 Å². The van der Waals surface area contributed by atoms with Crippen molar-refractivity contribution in [3.63, 3.8) is 0 Å². The predicted octanol–water partition coefficient (Wildman–Crippen LogP) is 0.951. The Balaban J connectivity index is 1.62. The Bertz CT molecular complexity index is 962. The van der Waals surface area contributed by atoms with Crippen LogP contribution in [0.3, 0.4) is 0 Å². The summed E-state index contributed by atoms with van der Waals surface area (Å²) in [6.45, 7) is 3.29. The molecule has 3 rings (SSSR count). The number of amides is 1. The highest BCUT2D eigenvalue weighted by atomic mass is 32.2. The third kappa shape index (κ3) is 4.95. The minimum Gasteiger partial charge on any atom is -0.336 e. The first-order valence-corrected chi connectivity index (χ1v) is 10.4. The number of aromatic nitrogens is 1. The molecule has 0 aliphatic carbocycles. The van der Waals surface area contributed by atoms with E-state index in [0.29, 0.717) is 18.7 Å². The van der Waals surface area contributed by atoms with Crippen LogP contribution in [-0.4, -0.2) is 61.8 Å². The molecule has 0 saturated carbocycles. The second-order valence-electron chi connectivity index (χ2n) is 6.45. The fourth-order valence-electron chi connectivity index (χ4n) is 3.03. The Labute approximate surface area is 165 Å². The summed E-state index contributed by atoms with van der Waals surface area (Å²) in [7, 11) is -3.73. The first kappa shape index (κ1) is 20.0. The molecule has 0 bridgehead atoms. The maximum Gasteiger partial charge on any atom is 0.253 e. The SMILES string of the molecule is C#CCNS(=O)(=O)c1cccc(C(=O)N2CCN(Cc3ccccn3)CC2)c1. The molecule has 1 fully saturated rings. The van der Waals surface area contributed by atoms with E-state index in [1.165, 1.54) is 12.1 Å². The van der Waals surface area contributed by atoms with Gasteiger partial charge < -0.3 is 4.90 Å². The van der Waals surface area contributed by atoms with Gasteiger partial charge in [0.15, 0.2) is 0 Å². The molecule has 1 aliphatic heterocycles. The molecule has 2 heterocycles. The van der Waals surface area contributed by atoms with Crippen molar-refractivity contribution in [1.82, 2.24) is 19.5 Å². The van der Waals surface area contributed by atoms with Gasteiger partial charge in [-0.05, 0) is 30.3 Å². The van der Waals surface area contributed by atoms with Crippen molar-refractivity contribution in [1.29, 1.82) is 0 Å². The highest BCUT2D eigenvalue weighted by Gasteiger charge is 2.23. The first-order valence-electron chi connectivity index (χ1n) is 8.94. The van der Waals surface area contributed by atoms with Gasteiger partial charge in [0.1, 0.15) is 0 Å². The van der Waals surface area contributed by atoms with E-state index in [9.17, 15) is 13.2 Å². The second kappa shape index (κ2) is 8.97. The summed E-state index contributed by atoms with van der Waals surface area (Å²) < 4.78 is 26.7. The summed E-state index contributed by atoms with van der Waals surface area (Å²) in [5, 5.41) is 0. The molecule has 0 atom stereocenters. The maximum absolute atomic E-state index is 12.8. The van der Waals surface area contributed by atoms with Crippen molar-refractivity contribution < 1.29 is 13.2 Å². The Kier molecular flexibility index (Phi) is 6.41. The molecule has 1 saturated heterocycles. The summed E-state index contributed by atoms with van der Waals surface area (Å²) in [6.07, 6.45) is 6.88. The number of nitrogens with one attached hydrogen (secondary N) is 1. The summed E-state index contributed by atoms with van der Waals surface area (Å²) in [6, 6.07) is 11.9. The number of nitrogens with zero attached hydrogens (tertiary/aromatic N) is 3. The van der Waals surface area contributed by atoms with E-state index in [-0.39, 0.29) is 17.3 Å². The first-order chi connectivity index (χ1) is 13.5. The van der Waals surface area contributed by atoms with Crippen molar-refractivity contribution in [3.05, 3.63) is 59.9 Å². The van der Waals surface area contributed by atoms with E-state index in [2.05, 4.69) is 20.5 Å². The molecule has 1 aromatic carbocycles. The second-order valence-corrected chi connectivity index (χ2v) is 8.21. The molecule has 2 aromatic rings. The van der Waals surface area contributed by atoms with Crippen LogP contribution in [0.5, 0.6) is 0 Å². The average Bonchev–Trinajstić information content (AvgIpc) is 2.73. The van der Waals surface area contributed by atoms with Crippen LogP contribution in [0.25, 0.3) is 0 Å². The van der Waals surface area contributed by atoms with Crippen molar-refractivity contribution >= 4 is 15.9 Å². The zero-order chi connectivity index (χ0) is 20.0. The number of carbonyl (C=O) groups excluding carboxylic acids is 1. The van der Waals surface area contributed by atoms with Gasteiger partial charge in [-0.25, -0.2) is 8.42 Å². The molecule has 7 nitrogen and oxygen atoms in total. The van der Waals surface area contributed by atoms with Gasteiger partial charge in [0, 0.05) is 44.5 Å². The lowest BCUT2D eigenvalue weighted by Crippen LogP contribution is -2.48. The molecule has 1 amide bonds. The fraction of sp³-hybridized carbons (Fsp3) is 0.300. The number of hydrogen-bond acceptors (Lipinski definition) is 5. The van der Waals surface area contributed by atoms with Crippen molar-refractivity contribution in [2.75, 3.05) is 32.7 Å². The van der Waals surface area contributed by atoms with E-state index >= 15 is 0 Å². The molecule has 0 radical (unpaired) electrons. The Morgan fingerprint density at radius 3 is 2.61 bits per heavy atom. The van der Waals surface area contributed by atoms with Gasteiger partial charge in [-0.2, -0.15) is 4.72 Å². The minimum atomic E-state index is -3.73. The average molecular weight is 398 g/mol. The summed E-state index contributed by atoms with van der Waals surface area (Å²) in [5.74, 6) is 2.05. The minimum absolute atomic E-state index is 0.0300. The summed E-state index contributed by atoms with van der Waals surface area (Å²) in [4.78, 5) is 21.2. The number of sulfonamides is 1. The smallest absolute Gasteiger partial charge is 0.253 e. The van der Waals surface area contributed by atoms with Gasteiger partial charge >= 0.3 is 0 Å². The van der Waals surface area contributed by atoms with Crippen LogP contribution in [0.1, 0.15) is 16.1 Å². The van der Waals surface area contributed by atoms with Crippen molar-refractivity contribution in [2.45, 2.75) is 11.4 Å². The van der Waals surface area contributed by atoms with E-state index < -0.39 is 10.0 Å². The molecule has 1 aliphatic rings. The zero-order valence-corrected chi connectivity index (χ0v) is 16.2. The molecule has 1 N–H and O–H groups in total. The van der Waals surface area contributed by atoms with E-state index in [1.807, 2.05) is 18.2 Å². The molecule has 0 spiro atoms. The standard InChI is InChI=1S/C20H22N4O3S/c1-2-9-22-28(26,27)19-8-5-6-17(15-19)20(25)24-13-11-23(12-14-24)16-18-7-3-4-10-21-18/h1,3-8,10,15,22H,9,11-14,16H2. The van der Waals surface area contributed by atoms with Gasteiger partial charge in [0.05, 0.1) is 17.1 Å². The quantitative estimate of drug-likeness (QED) is 0.733. The van der Waals surface area contributed by atoms with Gasteiger partial charge in [-0.15, -0.1) is 6.42 Å². The highest BCUT2D eigenvalue weighted by Crippen LogP contribution is 2.15. The predicted molar refractivity (Wildman–Crippen MR) is 106 cm³/mol. The zero-order valence-electron chi connectivity index (χ0n) is 15.4. The summed E-state index contributed by atoms with van der Waals surface area (Å²) in [5.41, 5.74) is 1.35. The molecule has 1 aromatic heterocycles. The van der Waals surface area contributed by atoms with E-state index in [0.717, 1.165) is 25.3 Å². The highest BCUT2D eigenvalue weighted by molar-refractivity contribution is 7.89. The topological polar surface area (TPSA) is 82.6 Å². The number of rotatable bonds is 6. The lowest BCUT2D eigenvalue weighted by molar-refractivity contribution is 0.0627. The van der Waals surface area contributed by atoms with E-state index in [1.54, 1.807) is 23.2 Å². The number of terminal acetylenes is 1. The van der Waals surface area contributed by atoms with Gasteiger partial charge in [0.2, 0.25) is 10.0 Å².